The topological polar surface area (TPSA) is 78.5 Å². The van der Waals surface area contributed by atoms with E-state index in [9.17, 15) is 23.2 Å². The summed E-state index contributed by atoms with van der Waals surface area (Å²) in [5.74, 6) is -3.80. The van der Waals surface area contributed by atoms with Gasteiger partial charge in [0, 0.05) is 4.90 Å². The lowest BCUT2D eigenvalue weighted by Crippen LogP contribution is -2.44. The molecular weight excluding hydrogens is 412 g/mol. The SMILES string of the molecule is CCCC1(c2ccccc2)NC(=O)N(CC(=O)Nc2ccccc2SC(F)F)C1=O. The monoisotopic (exact) mass is 433 g/mol. The Morgan fingerprint density at radius 2 is 1.80 bits per heavy atom. The summed E-state index contributed by atoms with van der Waals surface area (Å²) in [6.45, 7) is 1.38. The molecule has 1 fully saturated rings. The number of hydrogen-bond donors (Lipinski definition) is 2. The number of carbonyl (C=O) groups excluding carboxylic acids is 3. The van der Waals surface area contributed by atoms with Crippen molar-refractivity contribution < 1.29 is 23.2 Å². The first-order valence-corrected chi connectivity index (χ1v) is 10.3. The van der Waals surface area contributed by atoms with Gasteiger partial charge in [0.15, 0.2) is 0 Å². The number of urea groups is 1. The van der Waals surface area contributed by atoms with Gasteiger partial charge in [-0.3, -0.25) is 14.5 Å². The Balaban J connectivity index is 1.78. The fourth-order valence-electron chi connectivity index (χ4n) is 3.48. The first-order chi connectivity index (χ1) is 14.4. The van der Waals surface area contributed by atoms with Crippen LogP contribution in [-0.4, -0.2) is 35.0 Å². The number of rotatable bonds is 8. The Morgan fingerprint density at radius 1 is 1.13 bits per heavy atom. The van der Waals surface area contributed by atoms with E-state index in [2.05, 4.69) is 10.6 Å². The fourth-order valence-corrected chi connectivity index (χ4v) is 4.07. The zero-order valence-electron chi connectivity index (χ0n) is 16.2. The summed E-state index contributed by atoms with van der Waals surface area (Å²) >= 11 is 0.307. The molecule has 2 aromatic rings. The molecule has 1 unspecified atom stereocenters. The Labute approximate surface area is 177 Å². The van der Waals surface area contributed by atoms with Crippen molar-refractivity contribution in [1.29, 1.82) is 0 Å². The number of halogens is 2. The molecule has 1 atom stereocenters. The molecule has 6 nitrogen and oxygen atoms in total. The summed E-state index contributed by atoms with van der Waals surface area (Å²) in [5.41, 5.74) is -0.383. The lowest BCUT2D eigenvalue weighted by atomic mass is 9.85. The highest BCUT2D eigenvalue weighted by Crippen LogP contribution is 2.34. The van der Waals surface area contributed by atoms with Gasteiger partial charge in [0.25, 0.3) is 11.7 Å². The van der Waals surface area contributed by atoms with Crippen LogP contribution in [0.5, 0.6) is 0 Å². The molecule has 158 valence electrons. The van der Waals surface area contributed by atoms with Gasteiger partial charge in [0.1, 0.15) is 12.1 Å². The molecule has 3 rings (SSSR count). The van der Waals surface area contributed by atoms with Gasteiger partial charge in [-0.05, 0) is 24.1 Å². The number of amides is 4. The Bertz CT molecular complexity index is 942. The third-order valence-electron chi connectivity index (χ3n) is 4.75. The van der Waals surface area contributed by atoms with Gasteiger partial charge in [0.2, 0.25) is 5.91 Å². The summed E-state index contributed by atoms with van der Waals surface area (Å²) in [7, 11) is 0. The summed E-state index contributed by atoms with van der Waals surface area (Å²) in [6.07, 6.45) is 1.02. The van der Waals surface area contributed by atoms with Crippen molar-refractivity contribution in [2.45, 2.75) is 36.0 Å². The van der Waals surface area contributed by atoms with Crippen molar-refractivity contribution in [1.82, 2.24) is 10.2 Å². The molecule has 1 aliphatic rings. The van der Waals surface area contributed by atoms with Crippen LogP contribution >= 0.6 is 11.8 Å². The van der Waals surface area contributed by atoms with Crippen LogP contribution in [0, 0.1) is 0 Å². The molecule has 9 heteroatoms. The standard InChI is InChI=1S/C21H21F2N3O3S/c1-2-12-21(14-8-4-3-5-9-14)18(28)26(20(29)25-21)13-17(27)24-15-10-6-7-11-16(15)30-19(22)23/h3-11,19H,2,12-13H2,1H3,(H,24,27)(H,25,29). The lowest BCUT2D eigenvalue weighted by Gasteiger charge is -2.26. The number of thioether (sulfide) groups is 1. The van der Waals surface area contributed by atoms with Crippen LogP contribution in [0.1, 0.15) is 25.3 Å². The van der Waals surface area contributed by atoms with Crippen LogP contribution in [0.2, 0.25) is 0 Å². The molecule has 0 aliphatic carbocycles. The first-order valence-electron chi connectivity index (χ1n) is 9.40. The quantitative estimate of drug-likeness (QED) is 0.483. The summed E-state index contributed by atoms with van der Waals surface area (Å²) < 4.78 is 25.5. The molecule has 0 aromatic heterocycles. The third-order valence-corrected chi connectivity index (χ3v) is 5.53. The zero-order valence-corrected chi connectivity index (χ0v) is 17.0. The van der Waals surface area contributed by atoms with E-state index in [0.29, 0.717) is 30.2 Å². The number of imide groups is 1. The number of carbonyl (C=O) groups is 3. The van der Waals surface area contributed by atoms with Gasteiger partial charge in [-0.25, -0.2) is 4.79 Å². The predicted molar refractivity (Wildman–Crippen MR) is 110 cm³/mol. The van der Waals surface area contributed by atoms with E-state index in [1.54, 1.807) is 36.4 Å². The average Bonchev–Trinajstić information content (AvgIpc) is 2.95. The third kappa shape index (κ3) is 4.46. The van der Waals surface area contributed by atoms with Gasteiger partial charge in [-0.2, -0.15) is 8.78 Å². The first kappa shape index (κ1) is 21.8. The normalized spacial score (nSPS) is 18.6. The highest BCUT2D eigenvalue weighted by molar-refractivity contribution is 7.99. The molecule has 2 aromatic carbocycles. The van der Waals surface area contributed by atoms with E-state index in [-0.39, 0.29) is 10.6 Å². The predicted octanol–water partition coefficient (Wildman–Crippen LogP) is 4.19. The summed E-state index contributed by atoms with van der Waals surface area (Å²) in [6, 6.07) is 14.3. The van der Waals surface area contributed by atoms with Crippen LogP contribution in [-0.2, 0) is 15.1 Å². The molecule has 1 heterocycles. The maximum absolute atomic E-state index is 13.2. The number of nitrogens with one attached hydrogen (secondary N) is 2. The molecule has 4 amide bonds. The summed E-state index contributed by atoms with van der Waals surface area (Å²) in [4.78, 5) is 39.3. The van der Waals surface area contributed by atoms with Crippen LogP contribution in [0.15, 0.2) is 59.5 Å². The van der Waals surface area contributed by atoms with Crippen molar-refractivity contribution in [2.75, 3.05) is 11.9 Å². The van der Waals surface area contributed by atoms with Gasteiger partial charge in [0.05, 0.1) is 5.69 Å². The van der Waals surface area contributed by atoms with E-state index in [1.807, 2.05) is 13.0 Å². The van der Waals surface area contributed by atoms with Gasteiger partial charge in [-0.1, -0.05) is 67.6 Å². The van der Waals surface area contributed by atoms with Crippen LogP contribution in [0.25, 0.3) is 0 Å². The molecule has 0 bridgehead atoms. The minimum atomic E-state index is -2.64. The van der Waals surface area contributed by atoms with Crippen molar-refractivity contribution >= 4 is 35.3 Å². The smallest absolute Gasteiger partial charge is 0.324 e. The largest absolute Gasteiger partial charge is 0.325 e. The Hall–Kier alpha value is -2.94. The fraction of sp³-hybridized carbons (Fsp3) is 0.286. The van der Waals surface area contributed by atoms with E-state index in [0.717, 1.165) is 4.90 Å². The number of para-hydroxylation sites is 1. The number of nitrogens with zero attached hydrogens (tertiary/aromatic N) is 1. The minimum Gasteiger partial charge on any atom is -0.324 e. The minimum absolute atomic E-state index is 0.197. The molecule has 1 aliphatic heterocycles. The van der Waals surface area contributed by atoms with Crippen LogP contribution in [0.3, 0.4) is 0 Å². The van der Waals surface area contributed by atoms with Crippen molar-refractivity contribution in [3.05, 3.63) is 60.2 Å². The maximum Gasteiger partial charge on any atom is 0.325 e. The lowest BCUT2D eigenvalue weighted by molar-refractivity contribution is -0.134. The average molecular weight is 433 g/mol. The van der Waals surface area contributed by atoms with Gasteiger partial charge < -0.3 is 10.6 Å². The van der Waals surface area contributed by atoms with E-state index in [1.165, 1.54) is 12.1 Å². The number of alkyl halides is 2. The molecule has 0 spiro atoms. The van der Waals surface area contributed by atoms with Crippen LogP contribution < -0.4 is 10.6 Å². The highest BCUT2D eigenvalue weighted by atomic mass is 32.2. The molecular formula is C21H21F2N3O3S. The number of anilines is 1. The Kier molecular flexibility index (Phi) is 6.71. The summed E-state index contributed by atoms with van der Waals surface area (Å²) in [5, 5.41) is 5.26. The zero-order chi connectivity index (χ0) is 21.7. The van der Waals surface area contributed by atoms with Crippen molar-refractivity contribution in [3.8, 4) is 0 Å². The molecule has 0 radical (unpaired) electrons. The number of hydrogen-bond acceptors (Lipinski definition) is 4. The number of benzene rings is 2. The second-order valence-corrected chi connectivity index (χ2v) is 7.80. The maximum atomic E-state index is 13.2. The van der Waals surface area contributed by atoms with E-state index >= 15 is 0 Å². The second-order valence-electron chi connectivity index (χ2n) is 6.77. The van der Waals surface area contributed by atoms with E-state index < -0.39 is 35.7 Å². The Morgan fingerprint density at radius 3 is 2.47 bits per heavy atom. The highest BCUT2D eigenvalue weighted by Gasteiger charge is 2.52. The molecule has 1 saturated heterocycles. The molecule has 0 saturated carbocycles. The van der Waals surface area contributed by atoms with Gasteiger partial charge in [-0.15, -0.1) is 0 Å². The van der Waals surface area contributed by atoms with Crippen molar-refractivity contribution in [2.24, 2.45) is 0 Å². The van der Waals surface area contributed by atoms with Crippen molar-refractivity contribution in [3.63, 3.8) is 0 Å². The molecule has 30 heavy (non-hydrogen) atoms. The molecule has 2 N–H and O–H groups in total. The van der Waals surface area contributed by atoms with Gasteiger partial charge >= 0.3 is 6.03 Å². The van der Waals surface area contributed by atoms with Crippen LogP contribution in [0.4, 0.5) is 19.3 Å². The second kappa shape index (κ2) is 9.25. The van der Waals surface area contributed by atoms with E-state index in [4.69, 9.17) is 0 Å².